The number of rotatable bonds is 7. The van der Waals surface area contributed by atoms with Gasteiger partial charge in [-0.1, -0.05) is 0 Å². The number of allylic oxidation sites excluding steroid dienone is 1. The second kappa shape index (κ2) is 8.52. The smallest absolute Gasteiger partial charge is 0.255 e. The number of furan rings is 1. The Balaban J connectivity index is 1.41. The Bertz CT molecular complexity index is 1330. The molecule has 0 spiro atoms. The number of nitrogens with zero attached hydrogens (tertiary/aromatic N) is 1. The van der Waals surface area contributed by atoms with E-state index in [1.165, 1.54) is 18.9 Å². The molecule has 34 heavy (non-hydrogen) atoms. The van der Waals surface area contributed by atoms with Gasteiger partial charge in [-0.05, 0) is 56.7 Å². The van der Waals surface area contributed by atoms with Gasteiger partial charge in [0.15, 0.2) is 5.76 Å². The SMILES string of the molecule is CNC(=O)c1c(C)oc2cc(O/C(=C/C=N)c3[nH]cc(C(=O)N4CCC4C4CC4)c3C)ccc12. The Morgan fingerprint density at radius 1 is 1.26 bits per heavy atom. The average Bonchev–Trinajstić information content (AvgIpc) is 3.44. The molecule has 0 bridgehead atoms. The van der Waals surface area contributed by atoms with Gasteiger partial charge in [0.25, 0.3) is 11.8 Å². The van der Waals surface area contributed by atoms with Crippen molar-refractivity contribution in [2.45, 2.75) is 39.2 Å². The second-order valence-corrected chi connectivity index (χ2v) is 8.96. The van der Waals surface area contributed by atoms with E-state index in [9.17, 15) is 9.59 Å². The molecular weight excluding hydrogens is 432 g/mol. The molecule has 3 heterocycles. The van der Waals surface area contributed by atoms with Crippen LogP contribution in [0.3, 0.4) is 0 Å². The molecule has 2 aliphatic rings. The zero-order chi connectivity index (χ0) is 24.0. The molecule has 2 aromatic heterocycles. The zero-order valence-electron chi connectivity index (χ0n) is 19.5. The average molecular weight is 461 g/mol. The van der Waals surface area contributed by atoms with Crippen LogP contribution in [0.15, 0.2) is 34.9 Å². The normalized spacial score (nSPS) is 18.0. The summed E-state index contributed by atoms with van der Waals surface area (Å²) in [6.45, 7) is 4.44. The summed E-state index contributed by atoms with van der Waals surface area (Å²) in [6.07, 6.45) is 7.94. The number of hydrogen-bond donors (Lipinski definition) is 3. The zero-order valence-corrected chi connectivity index (χ0v) is 19.5. The van der Waals surface area contributed by atoms with E-state index in [2.05, 4.69) is 10.3 Å². The first-order valence-electron chi connectivity index (χ1n) is 11.6. The van der Waals surface area contributed by atoms with Crippen LogP contribution in [0.4, 0.5) is 0 Å². The molecule has 1 saturated carbocycles. The molecule has 2 fully saturated rings. The first kappa shape index (κ1) is 22.0. The molecule has 8 heteroatoms. The van der Waals surface area contributed by atoms with Crippen LogP contribution in [-0.2, 0) is 0 Å². The molecule has 1 aromatic carbocycles. The molecule has 1 atom stereocenters. The summed E-state index contributed by atoms with van der Waals surface area (Å²) in [7, 11) is 1.58. The maximum atomic E-state index is 13.2. The van der Waals surface area contributed by atoms with Gasteiger partial charge in [-0.2, -0.15) is 0 Å². The molecule has 1 aliphatic carbocycles. The van der Waals surface area contributed by atoms with Gasteiger partial charge in [-0.3, -0.25) is 9.59 Å². The number of amides is 2. The van der Waals surface area contributed by atoms with Crippen molar-refractivity contribution in [2.24, 2.45) is 5.92 Å². The minimum Gasteiger partial charge on any atom is -0.460 e. The van der Waals surface area contributed by atoms with Crippen molar-refractivity contribution in [3.8, 4) is 5.75 Å². The van der Waals surface area contributed by atoms with Crippen LogP contribution in [0, 0.1) is 25.2 Å². The van der Waals surface area contributed by atoms with Gasteiger partial charge >= 0.3 is 0 Å². The van der Waals surface area contributed by atoms with E-state index in [4.69, 9.17) is 14.6 Å². The predicted molar refractivity (Wildman–Crippen MR) is 129 cm³/mol. The summed E-state index contributed by atoms with van der Waals surface area (Å²) in [5, 5.41) is 10.9. The van der Waals surface area contributed by atoms with Crippen LogP contribution in [0.1, 0.15) is 57.0 Å². The minimum atomic E-state index is -0.209. The van der Waals surface area contributed by atoms with Crippen molar-refractivity contribution in [3.63, 3.8) is 0 Å². The number of aromatic nitrogens is 1. The lowest BCUT2D eigenvalue weighted by Crippen LogP contribution is -2.52. The molecular formula is C26H28N4O4. The number of nitrogens with one attached hydrogen (secondary N) is 3. The van der Waals surface area contributed by atoms with Gasteiger partial charge in [-0.15, -0.1) is 0 Å². The van der Waals surface area contributed by atoms with Crippen molar-refractivity contribution in [1.82, 2.24) is 15.2 Å². The third-order valence-corrected chi connectivity index (χ3v) is 6.86. The van der Waals surface area contributed by atoms with Crippen molar-refractivity contribution in [2.75, 3.05) is 13.6 Å². The fourth-order valence-electron chi connectivity index (χ4n) is 4.80. The van der Waals surface area contributed by atoms with E-state index in [0.29, 0.717) is 57.0 Å². The quantitative estimate of drug-likeness (QED) is 0.358. The lowest BCUT2D eigenvalue weighted by Gasteiger charge is -2.41. The molecule has 3 aromatic rings. The number of hydrogen-bond acceptors (Lipinski definition) is 5. The summed E-state index contributed by atoms with van der Waals surface area (Å²) in [5.74, 6) is 1.95. The van der Waals surface area contributed by atoms with Gasteiger partial charge in [0, 0.05) is 49.6 Å². The Morgan fingerprint density at radius 3 is 2.71 bits per heavy atom. The molecule has 8 nitrogen and oxygen atoms in total. The first-order chi connectivity index (χ1) is 16.4. The standard InChI is InChI=1S/C26H28N4O4/c1-14-19(26(32)30-11-9-20(30)16-4-5-16)13-29-24(14)21(8-10-27)34-17-6-7-18-22(12-17)33-15(2)23(18)25(31)28-3/h6-8,10,12-13,16,20,27,29H,4-5,9,11H2,1-3H3,(H,28,31)/b21-8+,27-10?. The predicted octanol–water partition coefficient (Wildman–Crippen LogP) is 4.43. The minimum absolute atomic E-state index is 0.0477. The topological polar surface area (TPSA) is 111 Å². The highest BCUT2D eigenvalue weighted by Gasteiger charge is 2.43. The maximum absolute atomic E-state index is 13.2. The fourth-order valence-corrected chi connectivity index (χ4v) is 4.80. The van der Waals surface area contributed by atoms with Gasteiger partial charge < -0.3 is 29.8 Å². The van der Waals surface area contributed by atoms with Crippen LogP contribution in [0.2, 0.25) is 0 Å². The van der Waals surface area contributed by atoms with Gasteiger partial charge in [-0.25, -0.2) is 0 Å². The number of fused-ring (bicyclic) bond motifs is 1. The highest BCUT2D eigenvalue weighted by molar-refractivity contribution is 6.07. The fraction of sp³-hybridized carbons (Fsp3) is 0.346. The molecule has 2 amide bonds. The summed E-state index contributed by atoms with van der Waals surface area (Å²) in [4.78, 5) is 30.5. The van der Waals surface area contributed by atoms with E-state index >= 15 is 0 Å². The van der Waals surface area contributed by atoms with Crippen molar-refractivity contribution in [1.29, 1.82) is 5.41 Å². The molecule has 1 saturated heterocycles. The highest BCUT2D eigenvalue weighted by Crippen LogP contribution is 2.42. The lowest BCUT2D eigenvalue weighted by atomic mass is 9.96. The molecule has 0 radical (unpaired) electrons. The third-order valence-electron chi connectivity index (χ3n) is 6.86. The Kier molecular flexibility index (Phi) is 5.51. The largest absolute Gasteiger partial charge is 0.460 e. The van der Waals surface area contributed by atoms with Crippen LogP contribution in [0.25, 0.3) is 16.7 Å². The molecule has 5 rings (SSSR count). The lowest BCUT2D eigenvalue weighted by molar-refractivity contribution is 0.0411. The second-order valence-electron chi connectivity index (χ2n) is 8.96. The maximum Gasteiger partial charge on any atom is 0.255 e. The van der Waals surface area contributed by atoms with Crippen molar-refractivity contribution >= 4 is 34.8 Å². The number of carbonyl (C=O) groups is 2. The van der Waals surface area contributed by atoms with Crippen LogP contribution >= 0.6 is 0 Å². The Labute approximate surface area is 197 Å². The Hall–Kier alpha value is -3.81. The number of aromatic amines is 1. The summed E-state index contributed by atoms with van der Waals surface area (Å²) < 4.78 is 11.9. The van der Waals surface area contributed by atoms with Gasteiger partial charge in [0.1, 0.15) is 17.1 Å². The number of ether oxygens (including phenoxy) is 1. The van der Waals surface area contributed by atoms with Gasteiger partial charge in [0.2, 0.25) is 0 Å². The number of carbonyl (C=O) groups excluding carboxylic acids is 2. The van der Waals surface area contributed by atoms with E-state index in [1.807, 2.05) is 11.8 Å². The highest BCUT2D eigenvalue weighted by atomic mass is 16.5. The molecule has 1 unspecified atom stereocenters. The first-order valence-corrected chi connectivity index (χ1v) is 11.6. The molecule has 176 valence electrons. The summed E-state index contributed by atoms with van der Waals surface area (Å²) in [5.41, 5.74) is 3.10. The molecule has 3 N–H and O–H groups in total. The summed E-state index contributed by atoms with van der Waals surface area (Å²) >= 11 is 0. The number of H-pyrrole nitrogens is 1. The number of likely N-dealkylation sites (tertiary alicyclic amines) is 1. The van der Waals surface area contributed by atoms with E-state index < -0.39 is 0 Å². The van der Waals surface area contributed by atoms with Crippen molar-refractivity contribution in [3.05, 3.63) is 58.6 Å². The van der Waals surface area contributed by atoms with Crippen LogP contribution in [-0.4, -0.2) is 47.5 Å². The van der Waals surface area contributed by atoms with Crippen LogP contribution < -0.4 is 10.1 Å². The van der Waals surface area contributed by atoms with Crippen LogP contribution in [0.5, 0.6) is 5.75 Å². The number of benzene rings is 1. The monoisotopic (exact) mass is 460 g/mol. The summed E-state index contributed by atoms with van der Waals surface area (Å²) in [6, 6.07) is 5.64. The molecule has 1 aliphatic heterocycles. The van der Waals surface area contributed by atoms with Gasteiger partial charge in [0.05, 0.1) is 16.8 Å². The van der Waals surface area contributed by atoms with E-state index in [1.54, 1.807) is 38.4 Å². The van der Waals surface area contributed by atoms with Crippen molar-refractivity contribution < 1.29 is 18.7 Å². The number of aryl methyl sites for hydroxylation is 1. The van der Waals surface area contributed by atoms with E-state index in [0.717, 1.165) is 24.7 Å². The third kappa shape index (κ3) is 3.69. The van der Waals surface area contributed by atoms with E-state index in [-0.39, 0.29) is 11.8 Å². The Morgan fingerprint density at radius 2 is 2.06 bits per heavy atom.